The van der Waals surface area contributed by atoms with Crippen LogP contribution in [0.5, 0.6) is 0 Å². The molecule has 1 amide bonds. The van der Waals surface area contributed by atoms with E-state index >= 15 is 0 Å². The van der Waals surface area contributed by atoms with E-state index in [-0.39, 0.29) is 17.5 Å². The molecule has 1 aliphatic heterocycles. The third-order valence-electron chi connectivity index (χ3n) is 5.54. The Morgan fingerprint density at radius 3 is 2.72 bits per heavy atom. The van der Waals surface area contributed by atoms with Crippen LogP contribution in [-0.2, 0) is 11.3 Å². The second kappa shape index (κ2) is 9.51. The maximum Gasteiger partial charge on any atom is 0.270 e. The van der Waals surface area contributed by atoms with Crippen LogP contribution in [0, 0.1) is 23.0 Å². The summed E-state index contributed by atoms with van der Waals surface area (Å²) in [4.78, 5) is 38.6. The molecule has 0 saturated carbocycles. The lowest BCUT2D eigenvalue weighted by Crippen LogP contribution is -2.40. The molecular weight excluding hydrogens is 408 g/mol. The van der Waals surface area contributed by atoms with Gasteiger partial charge in [-0.25, -0.2) is 9.97 Å². The molecule has 0 unspecified atom stereocenters. The highest BCUT2D eigenvalue weighted by Crippen LogP contribution is 2.26. The third kappa shape index (κ3) is 5.05. The van der Waals surface area contributed by atoms with E-state index in [1.807, 2.05) is 25.1 Å². The first-order valence-electron chi connectivity index (χ1n) is 10.5. The van der Waals surface area contributed by atoms with Gasteiger partial charge in [0.15, 0.2) is 5.82 Å². The minimum Gasteiger partial charge on any atom is -0.356 e. The van der Waals surface area contributed by atoms with Crippen molar-refractivity contribution in [2.45, 2.75) is 26.3 Å². The van der Waals surface area contributed by atoms with Crippen molar-refractivity contribution in [3.8, 4) is 11.4 Å². The van der Waals surface area contributed by atoms with Gasteiger partial charge in [-0.2, -0.15) is 0 Å². The predicted molar refractivity (Wildman–Crippen MR) is 120 cm³/mol. The summed E-state index contributed by atoms with van der Waals surface area (Å²) < 4.78 is 0. The first-order valence-corrected chi connectivity index (χ1v) is 10.5. The van der Waals surface area contributed by atoms with E-state index in [2.05, 4.69) is 25.2 Å². The normalized spacial score (nSPS) is 14.2. The maximum absolute atomic E-state index is 12.6. The Labute approximate surface area is 185 Å². The topological polar surface area (TPSA) is 114 Å². The van der Waals surface area contributed by atoms with E-state index in [1.54, 1.807) is 24.5 Å². The summed E-state index contributed by atoms with van der Waals surface area (Å²) in [6.07, 6.45) is 4.92. The van der Waals surface area contributed by atoms with Crippen LogP contribution < -0.4 is 10.2 Å². The average molecular weight is 432 g/mol. The van der Waals surface area contributed by atoms with E-state index in [1.165, 1.54) is 12.1 Å². The van der Waals surface area contributed by atoms with Crippen LogP contribution in [0.1, 0.15) is 24.1 Å². The maximum atomic E-state index is 12.6. The number of rotatable bonds is 6. The Hall–Kier alpha value is -3.88. The molecule has 0 spiro atoms. The number of anilines is 1. The van der Waals surface area contributed by atoms with E-state index in [9.17, 15) is 14.9 Å². The quantitative estimate of drug-likeness (QED) is 0.469. The number of carbonyl (C=O) groups excluding carboxylic acids is 1. The second-order valence-electron chi connectivity index (χ2n) is 7.84. The zero-order valence-electron chi connectivity index (χ0n) is 17.8. The van der Waals surface area contributed by atoms with Crippen LogP contribution in [0.3, 0.4) is 0 Å². The van der Waals surface area contributed by atoms with Crippen LogP contribution in [0.25, 0.3) is 11.4 Å². The standard InChI is InChI=1S/C23H24N6O3/c1-16-12-21(27-22(26-16)19-5-2-6-20(13-19)29(31)32)28-10-7-18(8-11-28)23(30)25-15-17-4-3-9-24-14-17/h2-6,9,12-14,18H,7-8,10-11,15H2,1H3,(H,25,30). The van der Waals surface area contributed by atoms with Crippen molar-refractivity contribution < 1.29 is 9.72 Å². The van der Waals surface area contributed by atoms with Crippen molar-refractivity contribution in [2.75, 3.05) is 18.0 Å². The number of nitrogens with zero attached hydrogens (tertiary/aromatic N) is 5. The number of nitro benzene ring substituents is 1. The molecule has 0 aliphatic carbocycles. The molecule has 9 heteroatoms. The van der Waals surface area contributed by atoms with E-state index in [0.29, 0.717) is 31.0 Å². The lowest BCUT2D eigenvalue weighted by molar-refractivity contribution is -0.384. The van der Waals surface area contributed by atoms with Gasteiger partial charge in [0, 0.05) is 67.4 Å². The van der Waals surface area contributed by atoms with Gasteiger partial charge in [0.25, 0.3) is 5.69 Å². The molecule has 0 radical (unpaired) electrons. The number of pyridine rings is 1. The van der Waals surface area contributed by atoms with Crippen LogP contribution in [0.4, 0.5) is 11.5 Å². The summed E-state index contributed by atoms with van der Waals surface area (Å²) in [7, 11) is 0. The Kier molecular flexibility index (Phi) is 6.34. The van der Waals surface area contributed by atoms with Gasteiger partial charge in [0.2, 0.25) is 5.91 Å². The van der Waals surface area contributed by atoms with Gasteiger partial charge in [-0.3, -0.25) is 19.9 Å². The lowest BCUT2D eigenvalue weighted by atomic mass is 9.96. The smallest absolute Gasteiger partial charge is 0.270 e. The summed E-state index contributed by atoms with van der Waals surface area (Å²) in [5.41, 5.74) is 2.37. The van der Waals surface area contributed by atoms with Crippen LogP contribution >= 0.6 is 0 Å². The molecule has 3 aromatic rings. The number of piperidine rings is 1. The van der Waals surface area contributed by atoms with Gasteiger partial charge in [0.05, 0.1) is 4.92 Å². The highest BCUT2D eigenvalue weighted by Gasteiger charge is 2.26. The number of nitro groups is 1. The van der Waals surface area contributed by atoms with Gasteiger partial charge in [-0.05, 0) is 31.4 Å². The predicted octanol–water partition coefficient (Wildman–Crippen LogP) is 3.29. The molecule has 1 fully saturated rings. The summed E-state index contributed by atoms with van der Waals surface area (Å²) in [5.74, 6) is 1.25. The molecule has 1 aliphatic rings. The SMILES string of the molecule is Cc1cc(N2CCC(C(=O)NCc3cccnc3)CC2)nc(-c2cccc([N+](=O)[O-])c2)n1. The Morgan fingerprint density at radius 2 is 2.00 bits per heavy atom. The summed E-state index contributed by atoms with van der Waals surface area (Å²) >= 11 is 0. The van der Waals surface area contributed by atoms with Gasteiger partial charge in [0.1, 0.15) is 5.82 Å². The number of aromatic nitrogens is 3. The van der Waals surface area contributed by atoms with E-state index in [0.717, 1.165) is 29.9 Å². The largest absolute Gasteiger partial charge is 0.356 e. The monoisotopic (exact) mass is 432 g/mol. The summed E-state index contributed by atoms with van der Waals surface area (Å²) in [5, 5.41) is 14.1. The average Bonchev–Trinajstić information content (AvgIpc) is 2.83. The molecule has 0 atom stereocenters. The summed E-state index contributed by atoms with van der Waals surface area (Å²) in [6, 6.07) is 12.0. The molecule has 9 nitrogen and oxygen atoms in total. The molecule has 2 aromatic heterocycles. The Bertz CT molecular complexity index is 1110. The molecule has 1 N–H and O–H groups in total. The molecule has 32 heavy (non-hydrogen) atoms. The number of non-ortho nitro benzene ring substituents is 1. The zero-order valence-corrected chi connectivity index (χ0v) is 17.8. The zero-order chi connectivity index (χ0) is 22.5. The van der Waals surface area contributed by atoms with Crippen LogP contribution in [0.15, 0.2) is 54.9 Å². The lowest BCUT2D eigenvalue weighted by Gasteiger charge is -2.32. The van der Waals surface area contributed by atoms with Gasteiger partial charge < -0.3 is 10.2 Å². The van der Waals surface area contributed by atoms with Gasteiger partial charge in [-0.15, -0.1) is 0 Å². The van der Waals surface area contributed by atoms with Crippen molar-refractivity contribution in [1.82, 2.24) is 20.3 Å². The number of nitrogens with one attached hydrogen (secondary N) is 1. The van der Waals surface area contributed by atoms with Gasteiger partial charge >= 0.3 is 0 Å². The van der Waals surface area contributed by atoms with Crippen LogP contribution in [0.2, 0.25) is 0 Å². The fraction of sp³-hybridized carbons (Fsp3) is 0.304. The number of hydrogen-bond acceptors (Lipinski definition) is 7. The Balaban J connectivity index is 1.41. The van der Waals surface area contributed by atoms with Crippen molar-refractivity contribution >= 4 is 17.4 Å². The fourth-order valence-electron chi connectivity index (χ4n) is 3.81. The number of hydrogen-bond donors (Lipinski definition) is 1. The van der Waals surface area contributed by atoms with Crippen molar-refractivity contribution in [3.05, 3.63) is 76.2 Å². The van der Waals surface area contributed by atoms with E-state index in [4.69, 9.17) is 0 Å². The second-order valence-corrected chi connectivity index (χ2v) is 7.84. The highest BCUT2D eigenvalue weighted by molar-refractivity contribution is 5.79. The molecule has 1 saturated heterocycles. The van der Waals surface area contributed by atoms with Crippen molar-refractivity contribution in [3.63, 3.8) is 0 Å². The molecular formula is C23H24N6O3. The summed E-state index contributed by atoms with van der Waals surface area (Å²) in [6.45, 7) is 3.76. The highest BCUT2D eigenvalue weighted by atomic mass is 16.6. The number of benzene rings is 1. The molecule has 4 rings (SSSR count). The minimum atomic E-state index is -0.426. The van der Waals surface area contributed by atoms with Crippen molar-refractivity contribution in [1.29, 1.82) is 0 Å². The number of amides is 1. The fourth-order valence-corrected chi connectivity index (χ4v) is 3.81. The van der Waals surface area contributed by atoms with E-state index < -0.39 is 4.92 Å². The molecule has 0 bridgehead atoms. The first kappa shape index (κ1) is 21.4. The number of aryl methyl sites for hydroxylation is 1. The van der Waals surface area contributed by atoms with Crippen molar-refractivity contribution in [2.24, 2.45) is 5.92 Å². The molecule has 3 heterocycles. The number of carbonyl (C=O) groups is 1. The molecule has 1 aromatic carbocycles. The third-order valence-corrected chi connectivity index (χ3v) is 5.54. The molecule has 164 valence electrons. The Morgan fingerprint density at radius 1 is 1.19 bits per heavy atom. The minimum absolute atomic E-state index is 0.00673. The van der Waals surface area contributed by atoms with Crippen LogP contribution in [-0.4, -0.2) is 38.9 Å². The van der Waals surface area contributed by atoms with Gasteiger partial charge in [-0.1, -0.05) is 18.2 Å². The first-order chi connectivity index (χ1) is 15.5.